The van der Waals surface area contributed by atoms with Gasteiger partial charge in [-0.05, 0) is 54.8 Å². The molecule has 0 amide bonds. The van der Waals surface area contributed by atoms with E-state index in [1.165, 1.54) is 21.9 Å². The minimum absolute atomic E-state index is 0.446. The molecular formula is C22H20N2. The molecule has 0 bridgehead atoms. The molecular weight excluding hydrogens is 292 g/mol. The van der Waals surface area contributed by atoms with Gasteiger partial charge in [-0.25, -0.2) is 0 Å². The van der Waals surface area contributed by atoms with E-state index in [1.807, 2.05) is 6.20 Å². The molecule has 4 aromatic rings. The quantitative estimate of drug-likeness (QED) is 0.462. The highest BCUT2D eigenvalue weighted by molar-refractivity contribution is 5.88. The standard InChI is InChI=1S/C22H20N2/c1-14(2)20-8-6-17-11-16(5-9-22(17)24-20)19-12-18-10-15(3)4-7-21(18)23-13-19/h4-14H,1-3H3. The Morgan fingerprint density at radius 2 is 1.54 bits per heavy atom. The van der Waals surface area contributed by atoms with E-state index in [4.69, 9.17) is 4.98 Å². The van der Waals surface area contributed by atoms with Crippen molar-refractivity contribution >= 4 is 21.8 Å². The van der Waals surface area contributed by atoms with Crippen LogP contribution in [0.2, 0.25) is 0 Å². The van der Waals surface area contributed by atoms with E-state index in [9.17, 15) is 0 Å². The second-order valence-electron chi connectivity index (χ2n) is 6.72. The first kappa shape index (κ1) is 14.8. The van der Waals surface area contributed by atoms with Crippen molar-refractivity contribution in [3.05, 3.63) is 72.1 Å². The summed E-state index contributed by atoms with van der Waals surface area (Å²) in [4.78, 5) is 9.36. The van der Waals surface area contributed by atoms with Crippen LogP contribution in [0.3, 0.4) is 0 Å². The Labute approximate surface area is 142 Å². The van der Waals surface area contributed by atoms with Crippen LogP contribution in [0.5, 0.6) is 0 Å². The van der Waals surface area contributed by atoms with E-state index in [0.717, 1.165) is 22.3 Å². The van der Waals surface area contributed by atoms with Gasteiger partial charge in [0.15, 0.2) is 0 Å². The maximum atomic E-state index is 4.76. The molecule has 0 saturated heterocycles. The third-order valence-corrected chi connectivity index (χ3v) is 4.47. The van der Waals surface area contributed by atoms with Crippen LogP contribution < -0.4 is 0 Å². The van der Waals surface area contributed by atoms with Gasteiger partial charge in [0.25, 0.3) is 0 Å². The zero-order chi connectivity index (χ0) is 16.7. The highest BCUT2D eigenvalue weighted by Gasteiger charge is 2.06. The summed E-state index contributed by atoms with van der Waals surface area (Å²) in [6.07, 6.45) is 1.95. The largest absolute Gasteiger partial charge is 0.256 e. The van der Waals surface area contributed by atoms with Crippen molar-refractivity contribution in [1.29, 1.82) is 0 Å². The molecule has 0 spiro atoms. The molecule has 0 N–H and O–H groups in total. The number of pyridine rings is 2. The van der Waals surface area contributed by atoms with E-state index in [2.05, 4.69) is 80.4 Å². The number of hydrogen-bond donors (Lipinski definition) is 0. The van der Waals surface area contributed by atoms with Crippen molar-refractivity contribution in [2.75, 3.05) is 0 Å². The summed E-state index contributed by atoms with van der Waals surface area (Å²) in [6, 6.07) is 19.3. The van der Waals surface area contributed by atoms with Crippen LogP contribution in [-0.4, -0.2) is 9.97 Å². The smallest absolute Gasteiger partial charge is 0.0705 e. The van der Waals surface area contributed by atoms with Gasteiger partial charge in [-0.15, -0.1) is 0 Å². The van der Waals surface area contributed by atoms with Gasteiger partial charge in [0.1, 0.15) is 0 Å². The lowest BCUT2D eigenvalue weighted by Gasteiger charge is -2.08. The number of fused-ring (bicyclic) bond motifs is 2. The van der Waals surface area contributed by atoms with Gasteiger partial charge in [0.2, 0.25) is 0 Å². The molecule has 2 heteroatoms. The third-order valence-electron chi connectivity index (χ3n) is 4.47. The van der Waals surface area contributed by atoms with Crippen molar-refractivity contribution < 1.29 is 0 Å². The van der Waals surface area contributed by atoms with Crippen molar-refractivity contribution in [2.24, 2.45) is 0 Å². The molecule has 24 heavy (non-hydrogen) atoms. The Morgan fingerprint density at radius 1 is 0.750 bits per heavy atom. The van der Waals surface area contributed by atoms with E-state index < -0.39 is 0 Å². The highest BCUT2D eigenvalue weighted by Crippen LogP contribution is 2.27. The number of aromatic nitrogens is 2. The van der Waals surface area contributed by atoms with E-state index in [1.54, 1.807) is 0 Å². The van der Waals surface area contributed by atoms with Gasteiger partial charge in [-0.1, -0.05) is 37.6 Å². The molecule has 2 nitrogen and oxygen atoms in total. The summed E-state index contributed by atoms with van der Waals surface area (Å²) in [5, 5.41) is 2.35. The Bertz CT molecular complexity index is 1050. The number of rotatable bonds is 2. The van der Waals surface area contributed by atoms with Crippen LogP contribution in [0.15, 0.2) is 60.8 Å². The Balaban J connectivity index is 1.82. The topological polar surface area (TPSA) is 25.8 Å². The fraction of sp³-hybridized carbons (Fsp3) is 0.182. The van der Waals surface area contributed by atoms with Gasteiger partial charge in [0, 0.05) is 28.2 Å². The third kappa shape index (κ3) is 2.65. The first-order valence-electron chi connectivity index (χ1n) is 8.38. The number of hydrogen-bond acceptors (Lipinski definition) is 2. The predicted octanol–water partition coefficient (Wildman–Crippen LogP) is 5.88. The number of aryl methyl sites for hydroxylation is 1. The molecule has 0 saturated carbocycles. The first-order valence-corrected chi connectivity index (χ1v) is 8.38. The van der Waals surface area contributed by atoms with Crippen molar-refractivity contribution in [2.45, 2.75) is 26.7 Å². The molecule has 2 aromatic heterocycles. The molecule has 2 aromatic carbocycles. The van der Waals surface area contributed by atoms with Gasteiger partial charge in [-0.3, -0.25) is 9.97 Å². The summed E-state index contributed by atoms with van der Waals surface area (Å²) in [5.74, 6) is 0.446. The molecule has 0 atom stereocenters. The molecule has 0 aliphatic rings. The second kappa shape index (κ2) is 5.72. The lowest BCUT2D eigenvalue weighted by Crippen LogP contribution is -1.92. The van der Waals surface area contributed by atoms with Crippen LogP contribution in [0.4, 0.5) is 0 Å². The Hall–Kier alpha value is -2.74. The number of benzene rings is 2. The van der Waals surface area contributed by atoms with Gasteiger partial charge < -0.3 is 0 Å². The van der Waals surface area contributed by atoms with Crippen LogP contribution >= 0.6 is 0 Å². The molecule has 0 aliphatic carbocycles. The molecule has 4 rings (SSSR count). The summed E-state index contributed by atoms with van der Waals surface area (Å²) < 4.78 is 0. The monoisotopic (exact) mass is 312 g/mol. The number of nitrogens with zero attached hydrogens (tertiary/aromatic N) is 2. The van der Waals surface area contributed by atoms with E-state index in [0.29, 0.717) is 5.92 Å². The SMILES string of the molecule is Cc1ccc2ncc(-c3ccc4nc(C(C)C)ccc4c3)cc2c1. The van der Waals surface area contributed by atoms with Crippen LogP contribution in [0.25, 0.3) is 32.9 Å². The van der Waals surface area contributed by atoms with Crippen molar-refractivity contribution in [3.8, 4) is 11.1 Å². The lowest BCUT2D eigenvalue weighted by molar-refractivity contribution is 0.830. The molecule has 0 aliphatic heterocycles. The normalized spacial score (nSPS) is 11.5. The molecule has 118 valence electrons. The minimum Gasteiger partial charge on any atom is -0.256 e. The predicted molar refractivity (Wildman–Crippen MR) is 101 cm³/mol. The minimum atomic E-state index is 0.446. The van der Waals surface area contributed by atoms with Crippen molar-refractivity contribution in [1.82, 2.24) is 9.97 Å². The molecule has 0 fully saturated rings. The molecule has 2 heterocycles. The van der Waals surface area contributed by atoms with Gasteiger partial charge in [0.05, 0.1) is 11.0 Å². The van der Waals surface area contributed by atoms with E-state index >= 15 is 0 Å². The average Bonchev–Trinajstić information content (AvgIpc) is 2.60. The van der Waals surface area contributed by atoms with Gasteiger partial charge in [-0.2, -0.15) is 0 Å². The zero-order valence-corrected chi connectivity index (χ0v) is 14.2. The average molecular weight is 312 g/mol. The van der Waals surface area contributed by atoms with E-state index in [-0.39, 0.29) is 0 Å². The summed E-state index contributed by atoms with van der Waals surface area (Å²) in [7, 11) is 0. The fourth-order valence-corrected chi connectivity index (χ4v) is 3.05. The maximum absolute atomic E-state index is 4.76. The fourth-order valence-electron chi connectivity index (χ4n) is 3.05. The van der Waals surface area contributed by atoms with Crippen LogP contribution in [-0.2, 0) is 0 Å². The summed E-state index contributed by atoms with van der Waals surface area (Å²) in [5.41, 5.74) is 6.80. The van der Waals surface area contributed by atoms with Crippen LogP contribution in [0.1, 0.15) is 31.0 Å². The zero-order valence-electron chi connectivity index (χ0n) is 14.2. The molecule has 0 radical (unpaired) electrons. The summed E-state index contributed by atoms with van der Waals surface area (Å²) in [6.45, 7) is 6.46. The second-order valence-corrected chi connectivity index (χ2v) is 6.72. The Kier molecular flexibility index (Phi) is 3.53. The lowest BCUT2D eigenvalue weighted by atomic mass is 10.0. The Morgan fingerprint density at radius 3 is 2.38 bits per heavy atom. The maximum Gasteiger partial charge on any atom is 0.0705 e. The summed E-state index contributed by atoms with van der Waals surface area (Å²) >= 11 is 0. The van der Waals surface area contributed by atoms with Crippen LogP contribution in [0, 0.1) is 6.92 Å². The molecule has 0 unspecified atom stereocenters. The first-order chi connectivity index (χ1) is 11.6. The van der Waals surface area contributed by atoms with Crippen molar-refractivity contribution in [3.63, 3.8) is 0 Å². The van der Waals surface area contributed by atoms with Gasteiger partial charge >= 0.3 is 0 Å². The highest BCUT2D eigenvalue weighted by atomic mass is 14.7.